The number of halogens is 9. The second-order valence-corrected chi connectivity index (χ2v) is 4.49. The minimum absolute atomic E-state index is 0.387. The van der Waals surface area contributed by atoms with Gasteiger partial charge in [-0.25, -0.2) is 0 Å². The van der Waals surface area contributed by atoms with E-state index >= 15 is 0 Å². The summed E-state index contributed by atoms with van der Waals surface area (Å²) in [5, 5.41) is 9.52. The summed E-state index contributed by atoms with van der Waals surface area (Å²) in [4.78, 5) is 0. The quantitative estimate of drug-likeness (QED) is 0.760. The second-order valence-electron chi connectivity index (χ2n) is 4.49. The SMILES string of the molecule is Oc1c(CCC(F)(F)F)cccc1C(C(F)(F)F)C(F)(F)F. The van der Waals surface area contributed by atoms with Crippen molar-refractivity contribution in [3.63, 3.8) is 0 Å². The van der Waals surface area contributed by atoms with Crippen molar-refractivity contribution in [2.45, 2.75) is 37.3 Å². The van der Waals surface area contributed by atoms with Crippen LogP contribution in [0.2, 0.25) is 0 Å². The van der Waals surface area contributed by atoms with E-state index in [2.05, 4.69) is 0 Å². The molecule has 126 valence electrons. The summed E-state index contributed by atoms with van der Waals surface area (Å²) in [5.74, 6) is -5.39. The average molecular weight is 340 g/mol. The van der Waals surface area contributed by atoms with Crippen LogP contribution in [0.15, 0.2) is 18.2 Å². The van der Waals surface area contributed by atoms with Crippen LogP contribution < -0.4 is 0 Å². The molecule has 1 rings (SSSR count). The Morgan fingerprint density at radius 1 is 0.864 bits per heavy atom. The van der Waals surface area contributed by atoms with E-state index in [4.69, 9.17) is 0 Å². The summed E-state index contributed by atoms with van der Waals surface area (Å²) in [6, 6.07) is 1.97. The first-order chi connectivity index (χ1) is 9.73. The van der Waals surface area contributed by atoms with Gasteiger partial charge in [-0.2, -0.15) is 39.5 Å². The highest BCUT2D eigenvalue weighted by Gasteiger charge is 2.58. The molecule has 0 saturated carbocycles. The highest BCUT2D eigenvalue weighted by Crippen LogP contribution is 2.49. The third-order valence-electron chi connectivity index (χ3n) is 2.79. The molecule has 1 nitrogen and oxygen atoms in total. The molecule has 0 heterocycles. The molecule has 1 aromatic carbocycles. The van der Waals surface area contributed by atoms with Crippen LogP contribution in [0.3, 0.4) is 0 Å². The highest BCUT2D eigenvalue weighted by atomic mass is 19.4. The molecule has 0 aliphatic carbocycles. The maximum absolute atomic E-state index is 12.6. The standard InChI is InChI=1S/C12H9F9O/c13-10(14,15)5-4-6-2-1-3-7(8(6)22)9(11(16,17)18)12(19,20)21/h1-3,9,22H,4-5H2. The molecule has 0 unspecified atom stereocenters. The molecule has 0 bridgehead atoms. The maximum atomic E-state index is 12.6. The lowest BCUT2D eigenvalue weighted by Gasteiger charge is -2.24. The van der Waals surface area contributed by atoms with Crippen LogP contribution in [0.25, 0.3) is 0 Å². The average Bonchev–Trinajstić information content (AvgIpc) is 2.25. The summed E-state index contributed by atoms with van der Waals surface area (Å²) < 4.78 is 112. The Balaban J connectivity index is 3.25. The van der Waals surface area contributed by atoms with Gasteiger partial charge in [0.25, 0.3) is 0 Å². The Morgan fingerprint density at radius 3 is 1.77 bits per heavy atom. The smallest absolute Gasteiger partial charge is 0.404 e. The fourth-order valence-electron chi connectivity index (χ4n) is 1.86. The minimum Gasteiger partial charge on any atom is -0.507 e. The van der Waals surface area contributed by atoms with Gasteiger partial charge in [-0.15, -0.1) is 0 Å². The van der Waals surface area contributed by atoms with Crippen LogP contribution in [0.5, 0.6) is 5.75 Å². The molecule has 1 aromatic rings. The molecule has 0 amide bonds. The minimum atomic E-state index is -5.74. The lowest BCUT2D eigenvalue weighted by atomic mass is 9.93. The summed E-state index contributed by atoms with van der Waals surface area (Å²) in [7, 11) is 0. The lowest BCUT2D eigenvalue weighted by molar-refractivity contribution is -0.253. The number of benzene rings is 1. The van der Waals surface area contributed by atoms with E-state index < -0.39 is 54.2 Å². The van der Waals surface area contributed by atoms with E-state index in [1.807, 2.05) is 0 Å². The van der Waals surface area contributed by atoms with Gasteiger partial charge >= 0.3 is 18.5 Å². The normalized spacial score (nSPS) is 13.7. The first kappa shape index (κ1) is 18.4. The number of aryl methyl sites for hydroxylation is 1. The first-order valence-electron chi connectivity index (χ1n) is 5.74. The van der Waals surface area contributed by atoms with Crippen molar-refractivity contribution in [3.8, 4) is 5.75 Å². The molecule has 10 heteroatoms. The van der Waals surface area contributed by atoms with Crippen molar-refractivity contribution in [1.82, 2.24) is 0 Å². The molecule has 0 fully saturated rings. The number of aromatic hydroxyl groups is 1. The van der Waals surface area contributed by atoms with Crippen molar-refractivity contribution in [2.75, 3.05) is 0 Å². The lowest BCUT2D eigenvalue weighted by Crippen LogP contribution is -2.34. The van der Waals surface area contributed by atoms with E-state index in [0.717, 1.165) is 12.1 Å². The van der Waals surface area contributed by atoms with Crippen LogP contribution >= 0.6 is 0 Å². The zero-order valence-corrected chi connectivity index (χ0v) is 10.6. The number of phenols is 1. The summed E-state index contributed by atoms with van der Waals surface area (Å²) >= 11 is 0. The summed E-state index contributed by atoms with van der Waals surface area (Å²) in [5.41, 5.74) is -2.15. The Kier molecular flexibility index (Phi) is 4.93. The number of hydrogen-bond acceptors (Lipinski definition) is 1. The molecule has 0 radical (unpaired) electrons. The molecule has 0 saturated heterocycles. The molecular weight excluding hydrogens is 331 g/mol. The van der Waals surface area contributed by atoms with Gasteiger partial charge in [0.05, 0.1) is 0 Å². The maximum Gasteiger partial charge on any atom is 0.404 e. The molecule has 1 N–H and O–H groups in total. The fourth-order valence-corrected chi connectivity index (χ4v) is 1.86. The second kappa shape index (κ2) is 5.88. The molecule has 0 spiro atoms. The Bertz CT molecular complexity index is 499. The van der Waals surface area contributed by atoms with Gasteiger partial charge < -0.3 is 5.11 Å². The van der Waals surface area contributed by atoms with Gasteiger partial charge in [0.2, 0.25) is 0 Å². The fraction of sp³-hybridized carbons (Fsp3) is 0.500. The van der Waals surface area contributed by atoms with Crippen molar-refractivity contribution in [1.29, 1.82) is 0 Å². The van der Waals surface area contributed by atoms with Crippen molar-refractivity contribution in [2.24, 2.45) is 0 Å². The van der Waals surface area contributed by atoms with Crippen LogP contribution in [-0.2, 0) is 6.42 Å². The van der Waals surface area contributed by atoms with Crippen molar-refractivity contribution >= 4 is 0 Å². The summed E-state index contributed by atoms with van der Waals surface area (Å²) in [6.45, 7) is 0. The van der Waals surface area contributed by atoms with Gasteiger partial charge in [0.15, 0.2) is 5.92 Å². The molecule has 22 heavy (non-hydrogen) atoms. The zero-order valence-electron chi connectivity index (χ0n) is 10.6. The highest BCUT2D eigenvalue weighted by molar-refractivity contribution is 5.44. The van der Waals surface area contributed by atoms with Crippen LogP contribution in [-0.4, -0.2) is 23.6 Å². The number of para-hydroxylation sites is 1. The molecule has 0 aromatic heterocycles. The van der Waals surface area contributed by atoms with Crippen LogP contribution in [0, 0.1) is 0 Å². The molecule has 0 atom stereocenters. The largest absolute Gasteiger partial charge is 0.507 e. The van der Waals surface area contributed by atoms with E-state index in [0.29, 0.717) is 6.07 Å². The van der Waals surface area contributed by atoms with E-state index in [1.54, 1.807) is 0 Å². The van der Waals surface area contributed by atoms with Crippen LogP contribution in [0.1, 0.15) is 23.5 Å². The van der Waals surface area contributed by atoms with E-state index in [1.165, 1.54) is 0 Å². The number of phenolic OH excluding ortho intramolecular Hbond substituents is 1. The number of alkyl halides is 9. The third kappa shape index (κ3) is 4.70. The number of rotatable bonds is 3. The zero-order chi connectivity index (χ0) is 17.3. The Hall–Kier alpha value is -1.61. The topological polar surface area (TPSA) is 20.2 Å². The van der Waals surface area contributed by atoms with Gasteiger partial charge in [0.1, 0.15) is 5.75 Å². The summed E-state index contributed by atoms with van der Waals surface area (Å²) in [6.07, 6.45) is -18.5. The predicted molar refractivity (Wildman–Crippen MR) is 57.3 cm³/mol. The van der Waals surface area contributed by atoms with Crippen molar-refractivity contribution in [3.05, 3.63) is 29.3 Å². The van der Waals surface area contributed by atoms with Crippen LogP contribution in [0.4, 0.5) is 39.5 Å². The Morgan fingerprint density at radius 2 is 1.36 bits per heavy atom. The first-order valence-corrected chi connectivity index (χ1v) is 5.74. The number of hydrogen-bond donors (Lipinski definition) is 1. The predicted octanol–water partition coefficient (Wildman–Crippen LogP) is 5.10. The van der Waals surface area contributed by atoms with Gasteiger partial charge in [-0.05, 0) is 12.0 Å². The van der Waals surface area contributed by atoms with Gasteiger partial charge in [-0.3, -0.25) is 0 Å². The van der Waals surface area contributed by atoms with Crippen molar-refractivity contribution < 1.29 is 44.6 Å². The van der Waals surface area contributed by atoms with E-state index in [-0.39, 0.29) is 0 Å². The molecule has 0 aliphatic rings. The molecule has 0 aliphatic heterocycles. The monoisotopic (exact) mass is 340 g/mol. The van der Waals surface area contributed by atoms with Gasteiger partial charge in [-0.1, -0.05) is 18.2 Å². The van der Waals surface area contributed by atoms with Gasteiger partial charge in [0, 0.05) is 12.0 Å². The van der Waals surface area contributed by atoms with E-state index in [9.17, 15) is 44.6 Å². The third-order valence-corrected chi connectivity index (χ3v) is 2.79. The molecular formula is C12H9F9O. The Labute approximate surface area is 118 Å².